The Morgan fingerprint density at radius 1 is 1.24 bits per heavy atom. The molecule has 150 valence electrons. The number of carbonyl (C=O) groups excluding carboxylic acids is 1. The van der Waals surface area contributed by atoms with E-state index in [1.165, 1.54) is 12.1 Å². The summed E-state index contributed by atoms with van der Waals surface area (Å²) < 4.78 is 19.2. The molecule has 1 N–H and O–H groups in total. The molecule has 0 atom stereocenters. The normalized spacial score (nSPS) is 19.1. The molecule has 1 aromatic carbocycles. The van der Waals surface area contributed by atoms with E-state index >= 15 is 0 Å². The van der Waals surface area contributed by atoms with E-state index in [1.54, 1.807) is 24.7 Å². The van der Waals surface area contributed by atoms with Crippen LogP contribution in [0.15, 0.2) is 47.4 Å². The molecule has 1 fully saturated rings. The van der Waals surface area contributed by atoms with Crippen molar-refractivity contribution in [1.82, 2.24) is 20.4 Å². The standard InChI is InChI=1S/C22H23FN4O2/c1-14-10-20(29-27-14)18-12-24-13-26-21(18)16-8-6-15(7-9-16)11-25-22(28)17-4-2-3-5-19(17)23/h2-5,10,12-13,15-16H,6-9,11H2,1H3,(H,25,28). The zero-order valence-electron chi connectivity index (χ0n) is 16.3. The minimum atomic E-state index is -0.493. The van der Waals surface area contributed by atoms with Gasteiger partial charge in [-0.05, 0) is 50.7 Å². The molecule has 1 amide bonds. The first-order valence-corrected chi connectivity index (χ1v) is 9.88. The number of hydrogen-bond acceptors (Lipinski definition) is 5. The van der Waals surface area contributed by atoms with Gasteiger partial charge in [-0.25, -0.2) is 14.4 Å². The summed E-state index contributed by atoms with van der Waals surface area (Å²) in [5.41, 5.74) is 2.80. The van der Waals surface area contributed by atoms with Crippen molar-refractivity contribution in [2.45, 2.75) is 38.5 Å². The molecule has 0 bridgehead atoms. The number of hydrogen-bond donors (Lipinski definition) is 1. The predicted molar refractivity (Wildman–Crippen MR) is 106 cm³/mol. The van der Waals surface area contributed by atoms with Gasteiger partial charge >= 0.3 is 0 Å². The van der Waals surface area contributed by atoms with Gasteiger partial charge in [-0.3, -0.25) is 4.79 Å². The Hall–Kier alpha value is -3.09. The fourth-order valence-electron chi connectivity index (χ4n) is 3.96. The lowest BCUT2D eigenvalue weighted by molar-refractivity contribution is 0.0938. The van der Waals surface area contributed by atoms with E-state index in [0.717, 1.165) is 42.6 Å². The molecule has 2 aromatic heterocycles. The van der Waals surface area contributed by atoms with E-state index in [2.05, 4.69) is 20.4 Å². The quantitative estimate of drug-likeness (QED) is 0.698. The lowest BCUT2D eigenvalue weighted by atomic mass is 9.79. The molecule has 29 heavy (non-hydrogen) atoms. The van der Waals surface area contributed by atoms with E-state index in [9.17, 15) is 9.18 Å². The summed E-state index contributed by atoms with van der Waals surface area (Å²) in [5.74, 6) is 0.533. The van der Waals surface area contributed by atoms with Crippen LogP contribution in [-0.4, -0.2) is 27.6 Å². The maximum absolute atomic E-state index is 13.7. The minimum Gasteiger partial charge on any atom is -0.356 e. The SMILES string of the molecule is Cc1cc(-c2cncnc2C2CCC(CNC(=O)c3ccccc3F)CC2)on1. The number of amides is 1. The van der Waals surface area contributed by atoms with Crippen LogP contribution < -0.4 is 5.32 Å². The van der Waals surface area contributed by atoms with Crippen molar-refractivity contribution >= 4 is 5.91 Å². The zero-order chi connectivity index (χ0) is 20.2. The Bertz CT molecular complexity index is 996. The summed E-state index contributed by atoms with van der Waals surface area (Å²) >= 11 is 0. The molecule has 0 spiro atoms. The van der Waals surface area contributed by atoms with Crippen LogP contribution in [0.4, 0.5) is 4.39 Å². The molecule has 1 saturated carbocycles. The first kappa shape index (κ1) is 19.2. The zero-order valence-corrected chi connectivity index (χ0v) is 16.3. The summed E-state index contributed by atoms with van der Waals surface area (Å²) in [6.07, 6.45) is 7.24. The van der Waals surface area contributed by atoms with Crippen molar-refractivity contribution in [3.8, 4) is 11.3 Å². The number of nitrogens with zero attached hydrogens (tertiary/aromatic N) is 3. The molecular weight excluding hydrogens is 371 g/mol. The Morgan fingerprint density at radius 2 is 2.03 bits per heavy atom. The highest BCUT2D eigenvalue weighted by atomic mass is 19.1. The van der Waals surface area contributed by atoms with E-state index in [0.29, 0.717) is 24.1 Å². The Balaban J connectivity index is 1.36. The summed E-state index contributed by atoms with van der Waals surface area (Å²) in [6.45, 7) is 2.44. The molecule has 0 aliphatic heterocycles. The highest BCUT2D eigenvalue weighted by molar-refractivity contribution is 5.94. The molecule has 0 unspecified atom stereocenters. The van der Waals surface area contributed by atoms with Gasteiger partial charge in [0.05, 0.1) is 22.5 Å². The van der Waals surface area contributed by atoms with Gasteiger partial charge in [0.25, 0.3) is 5.91 Å². The van der Waals surface area contributed by atoms with Gasteiger partial charge in [0, 0.05) is 24.7 Å². The third-order valence-corrected chi connectivity index (χ3v) is 5.54. The third kappa shape index (κ3) is 4.34. The Kier molecular flexibility index (Phi) is 5.64. The number of aromatic nitrogens is 3. The van der Waals surface area contributed by atoms with Crippen LogP contribution in [0.2, 0.25) is 0 Å². The fourth-order valence-corrected chi connectivity index (χ4v) is 3.96. The number of carbonyl (C=O) groups is 1. The highest BCUT2D eigenvalue weighted by Gasteiger charge is 2.27. The van der Waals surface area contributed by atoms with Crippen molar-refractivity contribution in [3.63, 3.8) is 0 Å². The van der Waals surface area contributed by atoms with Crippen LogP contribution in [0.5, 0.6) is 0 Å². The van der Waals surface area contributed by atoms with Gasteiger partial charge in [-0.2, -0.15) is 0 Å². The van der Waals surface area contributed by atoms with Gasteiger partial charge < -0.3 is 9.84 Å². The van der Waals surface area contributed by atoms with E-state index < -0.39 is 5.82 Å². The van der Waals surface area contributed by atoms with E-state index in [1.807, 2.05) is 13.0 Å². The third-order valence-electron chi connectivity index (χ3n) is 5.54. The monoisotopic (exact) mass is 394 g/mol. The number of rotatable bonds is 5. The molecule has 2 heterocycles. The van der Waals surface area contributed by atoms with Crippen LogP contribution >= 0.6 is 0 Å². The van der Waals surface area contributed by atoms with Gasteiger partial charge in [-0.1, -0.05) is 17.3 Å². The van der Waals surface area contributed by atoms with Crippen molar-refractivity contribution < 1.29 is 13.7 Å². The number of aryl methyl sites for hydroxylation is 1. The predicted octanol–water partition coefficient (Wildman–Crippen LogP) is 4.28. The molecule has 1 aliphatic carbocycles. The van der Waals surface area contributed by atoms with E-state index in [4.69, 9.17) is 4.52 Å². The number of nitrogens with one attached hydrogen (secondary N) is 1. The fraction of sp³-hybridized carbons (Fsp3) is 0.364. The molecule has 4 rings (SSSR count). The molecule has 1 aliphatic rings. The van der Waals surface area contributed by atoms with Gasteiger partial charge in [0.1, 0.15) is 12.1 Å². The largest absolute Gasteiger partial charge is 0.356 e. The summed E-state index contributed by atoms with van der Waals surface area (Å²) in [4.78, 5) is 20.9. The van der Waals surface area contributed by atoms with Crippen LogP contribution in [-0.2, 0) is 0 Å². The highest BCUT2D eigenvalue weighted by Crippen LogP contribution is 2.38. The van der Waals surface area contributed by atoms with E-state index in [-0.39, 0.29) is 11.5 Å². The molecule has 0 saturated heterocycles. The first-order valence-electron chi connectivity index (χ1n) is 9.88. The van der Waals surface area contributed by atoms with Crippen molar-refractivity contribution in [1.29, 1.82) is 0 Å². The van der Waals surface area contributed by atoms with Gasteiger partial charge in [0.2, 0.25) is 0 Å². The number of benzene rings is 1. The Morgan fingerprint density at radius 3 is 2.76 bits per heavy atom. The van der Waals surface area contributed by atoms with Crippen LogP contribution in [0, 0.1) is 18.7 Å². The van der Waals surface area contributed by atoms with Gasteiger partial charge in [-0.15, -0.1) is 0 Å². The second kappa shape index (κ2) is 8.51. The molecule has 0 radical (unpaired) electrons. The van der Waals surface area contributed by atoms with Crippen LogP contribution in [0.1, 0.15) is 53.3 Å². The topological polar surface area (TPSA) is 80.9 Å². The molecule has 7 heteroatoms. The molecular formula is C22H23FN4O2. The second-order valence-electron chi connectivity index (χ2n) is 7.56. The maximum atomic E-state index is 13.7. The van der Waals surface area contributed by atoms with Crippen molar-refractivity contribution in [2.75, 3.05) is 6.54 Å². The lowest BCUT2D eigenvalue weighted by Crippen LogP contribution is -2.31. The molecule has 6 nitrogen and oxygen atoms in total. The van der Waals surface area contributed by atoms with Crippen LogP contribution in [0.25, 0.3) is 11.3 Å². The Labute approximate surface area is 168 Å². The second-order valence-corrected chi connectivity index (χ2v) is 7.56. The van der Waals surface area contributed by atoms with Crippen molar-refractivity contribution in [2.24, 2.45) is 5.92 Å². The van der Waals surface area contributed by atoms with Gasteiger partial charge in [0.15, 0.2) is 5.76 Å². The summed E-state index contributed by atoms with van der Waals surface area (Å²) in [5, 5.41) is 6.84. The van der Waals surface area contributed by atoms with Crippen molar-refractivity contribution in [3.05, 3.63) is 65.6 Å². The summed E-state index contributed by atoms with van der Waals surface area (Å²) in [7, 11) is 0. The maximum Gasteiger partial charge on any atom is 0.254 e. The first-order chi connectivity index (χ1) is 14.1. The average Bonchev–Trinajstić information content (AvgIpc) is 3.19. The van der Waals surface area contributed by atoms with Crippen LogP contribution in [0.3, 0.4) is 0 Å². The smallest absolute Gasteiger partial charge is 0.254 e. The minimum absolute atomic E-state index is 0.0918. The number of halogens is 1. The lowest BCUT2D eigenvalue weighted by Gasteiger charge is -2.29. The molecule has 3 aromatic rings. The summed E-state index contributed by atoms with van der Waals surface area (Å²) in [6, 6.07) is 7.94. The average molecular weight is 394 g/mol.